The third kappa shape index (κ3) is 3.65. The molecule has 166 valence electrons. The van der Waals surface area contributed by atoms with Crippen LogP contribution in [-0.2, 0) is 17.6 Å². The number of rotatable bonds is 5. The molecule has 1 saturated heterocycles. The van der Waals surface area contributed by atoms with Crippen LogP contribution in [0.4, 0.5) is 5.82 Å². The number of anilines is 1. The lowest BCUT2D eigenvalue weighted by Crippen LogP contribution is -2.31. The van der Waals surface area contributed by atoms with Crippen molar-refractivity contribution in [2.45, 2.75) is 50.7 Å². The largest absolute Gasteiger partial charge is 0.388 e. The monoisotopic (exact) mass is 497 g/mol. The third-order valence-corrected chi connectivity index (χ3v) is 6.75. The van der Waals surface area contributed by atoms with E-state index in [2.05, 4.69) is 30.9 Å². The first kappa shape index (κ1) is 21.3. The number of nitrogens with zero attached hydrogens (tertiary/aromatic N) is 4. The minimum absolute atomic E-state index is 0.448. The maximum absolute atomic E-state index is 10.7. The van der Waals surface area contributed by atoms with Gasteiger partial charge in [-0.15, -0.1) is 0 Å². The average molecular weight is 498 g/mol. The Hall–Kier alpha value is -2.59. The van der Waals surface area contributed by atoms with E-state index in [-0.39, 0.29) is 0 Å². The molecule has 4 aromatic rings. The molecular formula is C23H24BrN5O3. The molecule has 5 rings (SSSR count). The maximum Gasteiger partial charge on any atom is 0.164 e. The Morgan fingerprint density at radius 3 is 2.81 bits per heavy atom. The number of halogens is 1. The molecule has 1 aromatic carbocycles. The summed E-state index contributed by atoms with van der Waals surface area (Å²) in [6.45, 7) is 2.04. The number of aryl methyl sites for hydroxylation is 2. The van der Waals surface area contributed by atoms with Crippen LogP contribution in [0.2, 0.25) is 0 Å². The molecule has 0 unspecified atom stereocenters. The van der Waals surface area contributed by atoms with Crippen molar-refractivity contribution in [2.24, 2.45) is 0 Å². The van der Waals surface area contributed by atoms with Crippen LogP contribution in [0.15, 0.2) is 47.3 Å². The van der Waals surface area contributed by atoms with Gasteiger partial charge in [-0.1, -0.05) is 19.1 Å². The summed E-state index contributed by atoms with van der Waals surface area (Å²) >= 11 is 3.40. The van der Waals surface area contributed by atoms with E-state index in [4.69, 9.17) is 10.5 Å². The van der Waals surface area contributed by atoms with Crippen molar-refractivity contribution in [2.75, 3.05) is 5.73 Å². The van der Waals surface area contributed by atoms with Gasteiger partial charge in [0.2, 0.25) is 0 Å². The van der Waals surface area contributed by atoms with Gasteiger partial charge in [0, 0.05) is 17.0 Å². The van der Waals surface area contributed by atoms with E-state index >= 15 is 0 Å². The summed E-state index contributed by atoms with van der Waals surface area (Å²) in [5.41, 5.74) is 9.43. The smallest absolute Gasteiger partial charge is 0.164 e. The quantitative estimate of drug-likeness (QED) is 0.387. The molecule has 0 spiro atoms. The summed E-state index contributed by atoms with van der Waals surface area (Å²) < 4.78 is 8.67. The molecule has 32 heavy (non-hydrogen) atoms. The predicted octanol–water partition coefficient (Wildman–Crippen LogP) is 3.14. The Morgan fingerprint density at radius 2 is 2.00 bits per heavy atom. The van der Waals surface area contributed by atoms with E-state index in [9.17, 15) is 10.2 Å². The van der Waals surface area contributed by atoms with Gasteiger partial charge in [-0.3, -0.25) is 0 Å². The first-order chi connectivity index (χ1) is 15.5. The van der Waals surface area contributed by atoms with E-state index in [1.54, 1.807) is 4.57 Å². The molecular weight excluding hydrogens is 474 g/mol. The lowest BCUT2D eigenvalue weighted by molar-refractivity contribution is -0.0364. The third-order valence-electron chi connectivity index (χ3n) is 6.12. The van der Waals surface area contributed by atoms with Crippen molar-refractivity contribution in [1.82, 2.24) is 19.5 Å². The van der Waals surface area contributed by atoms with E-state index in [1.165, 1.54) is 6.33 Å². The van der Waals surface area contributed by atoms with Gasteiger partial charge in [0.25, 0.3) is 0 Å². The van der Waals surface area contributed by atoms with Crippen molar-refractivity contribution in [3.05, 3.63) is 58.6 Å². The first-order valence-electron chi connectivity index (χ1n) is 10.6. The summed E-state index contributed by atoms with van der Waals surface area (Å²) in [6.07, 6.45) is 2.11. The maximum atomic E-state index is 10.7. The zero-order valence-electron chi connectivity index (χ0n) is 17.5. The number of nitrogens with two attached hydrogens (primary N) is 1. The van der Waals surface area contributed by atoms with Crippen molar-refractivity contribution < 1.29 is 14.9 Å². The van der Waals surface area contributed by atoms with Crippen molar-refractivity contribution in [3.63, 3.8) is 0 Å². The Balaban J connectivity index is 1.34. The second-order valence-corrected chi connectivity index (χ2v) is 8.96. The van der Waals surface area contributed by atoms with E-state index < -0.39 is 24.5 Å². The Morgan fingerprint density at radius 1 is 1.16 bits per heavy atom. The minimum atomic E-state index is -1.05. The molecule has 0 amide bonds. The van der Waals surface area contributed by atoms with Crippen LogP contribution in [0.25, 0.3) is 21.9 Å². The molecule has 0 bridgehead atoms. The Kier molecular flexibility index (Phi) is 5.58. The highest BCUT2D eigenvalue weighted by Crippen LogP contribution is 2.34. The van der Waals surface area contributed by atoms with Crippen LogP contribution < -0.4 is 5.73 Å². The molecule has 4 N–H and O–H groups in total. The highest BCUT2D eigenvalue weighted by Gasteiger charge is 2.43. The molecule has 1 aliphatic heterocycles. The van der Waals surface area contributed by atoms with Gasteiger partial charge in [0.1, 0.15) is 30.0 Å². The summed E-state index contributed by atoms with van der Waals surface area (Å²) in [5.74, 6) is 0.448. The molecule has 0 radical (unpaired) electrons. The van der Waals surface area contributed by atoms with Gasteiger partial charge >= 0.3 is 0 Å². The molecule has 8 nitrogen and oxygen atoms in total. The Labute approximate surface area is 193 Å². The van der Waals surface area contributed by atoms with Gasteiger partial charge in [-0.2, -0.15) is 0 Å². The number of hydrogen-bond acceptors (Lipinski definition) is 7. The fraction of sp³-hybridized carbons (Fsp3) is 0.348. The molecule has 1 fully saturated rings. The lowest BCUT2D eigenvalue weighted by atomic mass is 10.0. The number of pyridine rings is 1. The minimum Gasteiger partial charge on any atom is -0.388 e. The standard InChI is InChI=1S/C23H24BrN5O3/c1-2-16-14-7-8-29(22(14)27-11-26-16)23-20(31)19(30)18(32-23)6-4-12-3-5-13-10-15(24)21(25)28-17(13)9-12/h3,5,7-11,18-20,23,30-31H,2,4,6H2,1H3,(H2,25,28)/t18-,19-,20-,23-/m1/s1. The van der Waals surface area contributed by atoms with Gasteiger partial charge in [-0.05, 0) is 59.0 Å². The van der Waals surface area contributed by atoms with E-state index in [0.717, 1.165) is 38.4 Å². The number of fused-ring (bicyclic) bond motifs is 2. The number of benzene rings is 1. The van der Waals surface area contributed by atoms with Gasteiger partial charge in [-0.25, -0.2) is 15.0 Å². The zero-order chi connectivity index (χ0) is 22.4. The fourth-order valence-corrected chi connectivity index (χ4v) is 4.71. The van der Waals surface area contributed by atoms with Gasteiger partial charge in [0.05, 0.1) is 21.8 Å². The van der Waals surface area contributed by atoms with Crippen molar-refractivity contribution >= 4 is 43.7 Å². The summed E-state index contributed by atoms with van der Waals surface area (Å²) in [6, 6.07) is 9.90. The summed E-state index contributed by atoms with van der Waals surface area (Å²) in [7, 11) is 0. The normalized spacial score (nSPS) is 23.4. The van der Waals surface area contributed by atoms with Crippen LogP contribution in [0, 0.1) is 0 Å². The SMILES string of the molecule is CCc1ncnc2c1ccn2[C@@H]1O[C@H](CCc2ccc3cc(Br)c(N)nc3c2)[C@@H](O)[C@H]1O. The number of aromatic nitrogens is 4. The average Bonchev–Trinajstić information content (AvgIpc) is 3.34. The molecule has 4 atom stereocenters. The number of nitrogen functional groups attached to an aromatic ring is 1. The molecule has 0 saturated carbocycles. The van der Waals surface area contributed by atoms with Crippen LogP contribution in [0.1, 0.15) is 30.8 Å². The molecule has 3 aromatic heterocycles. The second kappa shape index (κ2) is 8.40. The summed E-state index contributed by atoms with van der Waals surface area (Å²) in [5, 5.41) is 23.3. The lowest BCUT2D eigenvalue weighted by Gasteiger charge is -2.17. The van der Waals surface area contributed by atoms with E-state index in [1.807, 2.05) is 43.5 Å². The molecule has 1 aliphatic rings. The van der Waals surface area contributed by atoms with Crippen LogP contribution in [0.5, 0.6) is 0 Å². The number of aliphatic hydroxyl groups excluding tert-OH is 2. The number of aliphatic hydroxyl groups is 2. The molecule has 4 heterocycles. The summed E-state index contributed by atoms with van der Waals surface area (Å²) in [4.78, 5) is 13.1. The van der Waals surface area contributed by atoms with Crippen molar-refractivity contribution in [1.29, 1.82) is 0 Å². The van der Waals surface area contributed by atoms with Crippen LogP contribution in [-0.4, -0.2) is 48.0 Å². The van der Waals surface area contributed by atoms with Gasteiger partial charge in [0.15, 0.2) is 6.23 Å². The Bertz CT molecular complexity index is 1290. The molecule has 0 aliphatic carbocycles. The number of hydrogen-bond donors (Lipinski definition) is 3. The van der Waals surface area contributed by atoms with Crippen LogP contribution in [0.3, 0.4) is 0 Å². The highest BCUT2D eigenvalue weighted by molar-refractivity contribution is 9.10. The predicted molar refractivity (Wildman–Crippen MR) is 125 cm³/mol. The van der Waals surface area contributed by atoms with Crippen LogP contribution >= 0.6 is 15.9 Å². The molecule has 9 heteroatoms. The number of ether oxygens (including phenoxy) is 1. The van der Waals surface area contributed by atoms with Gasteiger partial charge < -0.3 is 25.3 Å². The zero-order valence-corrected chi connectivity index (χ0v) is 19.1. The highest BCUT2D eigenvalue weighted by atomic mass is 79.9. The topological polar surface area (TPSA) is 119 Å². The second-order valence-electron chi connectivity index (χ2n) is 8.10. The van der Waals surface area contributed by atoms with Crippen molar-refractivity contribution in [3.8, 4) is 0 Å². The van der Waals surface area contributed by atoms with E-state index in [0.29, 0.717) is 24.3 Å². The first-order valence-corrected chi connectivity index (χ1v) is 11.4. The fourth-order valence-electron chi connectivity index (χ4n) is 4.37.